The smallest absolute Gasteiger partial charge is 0.181 e. The standard InChI is InChI=1S/C8H6Cl2N2S/c1-3-2-4(9)5(10)7-6(3)12-8(11)13-7/h2H,1H3,(H2,11,12). The van der Waals surface area contributed by atoms with Crippen LogP contribution in [0.2, 0.25) is 10.0 Å². The highest BCUT2D eigenvalue weighted by molar-refractivity contribution is 7.22. The van der Waals surface area contributed by atoms with E-state index >= 15 is 0 Å². The highest BCUT2D eigenvalue weighted by Crippen LogP contribution is 2.37. The number of hydrogen-bond donors (Lipinski definition) is 1. The number of aromatic nitrogens is 1. The molecule has 2 nitrogen and oxygen atoms in total. The minimum absolute atomic E-state index is 0.516. The van der Waals surface area contributed by atoms with Gasteiger partial charge < -0.3 is 5.73 Å². The Balaban J connectivity index is 2.95. The third kappa shape index (κ3) is 1.37. The van der Waals surface area contributed by atoms with Gasteiger partial charge in [-0.05, 0) is 18.6 Å². The molecule has 0 saturated heterocycles. The minimum Gasteiger partial charge on any atom is -0.375 e. The predicted molar refractivity (Wildman–Crippen MR) is 58.8 cm³/mol. The van der Waals surface area contributed by atoms with Crippen molar-refractivity contribution in [1.29, 1.82) is 0 Å². The SMILES string of the molecule is Cc1cc(Cl)c(Cl)c2sc(N)nc12. The van der Waals surface area contributed by atoms with Crippen LogP contribution in [0.1, 0.15) is 5.56 Å². The summed E-state index contributed by atoms with van der Waals surface area (Å²) in [6.45, 7) is 1.93. The zero-order valence-electron chi connectivity index (χ0n) is 6.77. The van der Waals surface area contributed by atoms with Gasteiger partial charge in [-0.25, -0.2) is 4.98 Å². The molecule has 0 spiro atoms. The first-order valence-electron chi connectivity index (χ1n) is 3.60. The van der Waals surface area contributed by atoms with Crippen molar-refractivity contribution in [2.45, 2.75) is 6.92 Å². The van der Waals surface area contributed by atoms with Crippen molar-refractivity contribution >= 4 is 49.9 Å². The van der Waals surface area contributed by atoms with Crippen molar-refractivity contribution < 1.29 is 0 Å². The number of benzene rings is 1. The molecule has 0 radical (unpaired) electrons. The number of anilines is 1. The number of fused-ring (bicyclic) bond motifs is 1. The first kappa shape index (κ1) is 9.06. The van der Waals surface area contributed by atoms with E-state index in [0.29, 0.717) is 15.2 Å². The van der Waals surface area contributed by atoms with Crippen LogP contribution >= 0.6 is 34.5 Å². The van der Waals surface area contributed by atoms with Gasteiger partial charge in [0.2, 0.25) is 0 Å². The van der Waals surface area contributed by atoms with Crippen LogP contribution in [0, 0.1) is 6.92 Å². The summed E-state index contributed by atoms with van der Waals surface area (Å²) < 4.78 is 0.865. The van der Waals surface area contributed by atoms with Crippen molar-refractivity contribution in [3.8, 4) is 0 Å². The fraction of sp³-hybridized carbons (Fsp3) is 0.125. The second-order valence-corrected chi connectivity index (χ2v) is 4.53. The molecular weight excluding hydrogens is 227 g/mol. The topological polar surface area (TPSA) is 38.9 Å². The number of aryl methyl sites for hydroxylation is 1. The molecule has 0 saturated carbocycles. The predicted octanol–water partition coefficient (Wildman–Crippen LogP) is 3.49. The number of thiazole rings is 1. The van der Waals surface area contributed by atoms with Crippen molar-refractivity contribution in [3.05, 3.63) is 21.7 Å². The summed E-state index contributed by atoms with van der Waals surface area (Å²) in [4.78, 5) is 4.17. The lowest BCUT2D eigenvalue weighted by molar-refractivity contribution is 1.43. The number of nitrogen functional groups attached to an aromatic ring is 1. The highest BCUT2D eigenvalue weighted by atomic mass is 35.5. The number of hydrogen-bond acceptors (Lipinski definition) is 3. The van der Waals surface area contributed by atoms with Crippen LogP contribution in [0.5, 0.6) is 0 Å². The van der Waals surface area contributed by atoms with Crippen molar-refractivity contribution in [1.82, 2.24) is 4.98 Å². The molecule has 2 N–H and O–H groups in total. The lowest BCUT2D eigenvalue weighted by Gasteiger charge is -1.98. The number of nitrogens with zero attached hydrogens (tertiary/aromatic N) is 1. The van der Waals surface area contributed by atoms with E-state index < -0.39 is 0 Å². The van der Waals surface area contributed by atoms with Gasteiger partial charge in [-0.3, -0.25) is 0 Å². The van der Waals surface area contributed by atoms with E-state index in [4.69, 9.17) is 28.9 Å². The fourth-order valence-corrected chi connectivity index (χ4v) is 2.61. The summed E-state index contributed by atoms with van der Waals surface area (Å²) in [7, 11) is 0. The Morgan fingerprint density at radius 1 is 1.46 bits per heavy atom. The van der Waals surface area contributed by atoms with Crippen LogP contribution in [0.15, 0.2) is 6.07 Å². The summed E-state index contributed by atoms with van der Waals surface area (Å²) in [6, 6.07) is 1.80. The number of nitrogens with two attached hydrogens (primary N) is 1. The van der Waals surface area contributed by atoms with E-state index in [0.717, 1.165) is 15.8 Å². The Morgan fingerprint density at radius 3 is 2.85 bits per heavy atom. The zero-order valence-corrected chi connectivity index (χ0v) is 9.09. The molecule has 0 unspecified atom stereocenters. The number of rotatable bonds is 0. The average molecular weight is 233 g/mol. The monoisotopic (exact) mass is 232 g/mol. The molecule has 68 valence electrons. The van der Waals surface area contributed by atoms with E-state index in [1.165, 1.54) is 11.3 Å². The third-order valence-corrected chi connectivity index (χ3v) is 3.57. The van der Waals surface area contributed by atoms with Gasteiger partial charge in [0.15, 0.2) is 5.13 Å². The molecule has 1 aromatic carbocycles. The summed E-state index contributed by atoms with van der Waals surface area (Å²) in [6.07, 6.45) is 0. The van der Waals surface area contributed by atoms with Gasteiger partial charge >= 0.3 is 0 Å². The zero-order chi connectivity index (χ0) is 9.59. The molecule has 0 atom stereocenters. The van der Waals surface area contributed by atoms with Crippen molar-refractivity contribution in [2.24, 2.45) is 0 Å². The van der Waals surface area contributed by atoms with Gasteiger partial charge in [0, 0.05) is 0 Å². The summed E-state index contributed by atoms with van der Waals surface area (Å²) in [5, 5.41) is 1.61. The molecule has 5 heteroatoms. The molecule has 0 amide bonds. The van der Waals surface area contributed by atoms with E-state index in [1.807, 2.05) is 6.92 Å². The molecule has 0 aliphatic carbocycles. The molecule has 0 bridgehead atoms. The highest BCUT2D eigenvalue weighted by Gasteiger charge is 2.11. The molecule has 0 aliphatic heterocycles. The van der Waals surface area contributed by atoms with Crippen LogP contribution in [0.25, 0.3) is 10.2 Å². The van der Waals surface area contributed by atoms with Gasteiger partial charge in [-0.2, -0.15) is 0 Å². The van der Waals surface area contributed by atoms with Gasteiger partial charge in [0.05, 0.1) is 20.3 Å². The molecule has 2 aromatic rings. The van der Waals surface area contributed by atoms with Crippen LogP contribution in [0.4, 0.5) is 5.13 Å². The minimum atomic E-state index is 0.516. The third-order valence-electron chi connectivity index (χ3n) is 1.77. The van der Waals surface area contributed by atoms with Crippen LogP contribution in [0.3, 0.4) is 0 Å². The molecular formula is C8H6Cl2N2S. The Morgan fingerprint density at radius 2 is 2.15 bits per heavy atom. The second-order valence-electron chi connectivity index (χ2n) is 2.72. The van der Waals surface area contributed by atoms with Crippen molar-refractivity contribution in [3.63, 3.8) is 0 Å². The Bertz CT molecular complexity index is 478. The summed E-state index contributed by atoms with van der Waals surface area (Å²) in [5.41, 5.74) is 7.43. The van der Waals surface area contributed by atoms with Crippen LogP contribution < -0.4 is 5.73 Å². The fourth-order valence-electron chi connectivity index (χ4n) is 1.18. The van der Waals surface area contributed by atoms with Gasteiger partial charge in [0.25, 0.3) is 0 Å². The molecule has 13 heavy (non-hydrogen) atoms. The normalized spacial score (nSPS) is 11.0. The Hall–Kier alpha value is -0.510. The van der Waals surface area contributed by atoms with Crippen LogP contribution in [-0.2, 0) is 0 Å². The van der Waals surface area contributed by atoms with E-state index in [2.05, 4.69) is 4.98 Å². The largest absolute Gasteiger partial charge is 0.375 e. The van der Waals surface area contributed by atoms with Gasteiger partial charge in [-0.15, -0.1) is 0 Å². The first-order chi connectivity index (χ1) is 6.09. The lowest BCUT2D eigenvalue weighted by Crippen LogP contribution is -1.81. The maximum atomic E-state index is 5.99. The van der Waals surface area contributed by atoms with E-state index in [1.54, 1.807) is 6.07 Å². The maximum absolute atomic E-state index is 5.99. The average Bonchev–Trinajstić information content (AvgIpc) is 2.44. The van der Waals surface area contributed by atoms with Crippen molar-refractivity contribution in [2.75, 3.05) is 5.73 Å². The van der Waals surface area contributed by atoms with Crippen LogP contribution in [-0.4, -0.2) is 4.98 Å². The summed E-state index contributed by atoms with van der Waals surface area (Å²) in [5.74, 6) is 0. The Labute approximate surface area is 89.3 Å². The molecule has 1 heterocycles. The molecule has 1 aromatic heterocycles. The first-order valence-corrected chi connectivity index (χ1v) is 5.17. The molecule has 0 aliphatic rings. The lowest BCUT2D eigenvalue weighted by atomic mass is 10.2. The van der Waals surface area contributed by atoms with Gasteiger partial charge in [-0.1, -0.05) is 34.5 Å². The second kappa shape index (κ2) is 3.01. The maximum Gasteiger partial charge on any atom is 0.181 e. The quantitative estimate of drug-likeness (QED) is 0.756. The van der Waals surface area contributed by atoms with Gasteiger partial charge in [0.1, 0.15) is 0 Å². The van der Waals surface area contributed by atoms with E-state index in [-0.39, 0.29) is 0 Å². The number of halogens is 2. The Kier molecular flexibility index (Phi) is 2.10. The molecule has 2 rings (SSSR count). The van der Waals surface area contributed by atoms with E-state index in [9.17, 15) is 0 Å². The summed E-state index contributed by atoms with van der Waals surface area (Å²) >= 11 is 13.3. The molecule has 0 fully saturated rings.